The van der Waals surface area contributed by atoms with Crippen molar-refractivity contribution in [1.82, 2.24) is 34.3 Å². The lowest BCUT2D eigenvalue weighted by Gasteiger charge is -2.33. The monoisotopic (exact) mass is 548 g/mol. The maximum atomic E-state index is 12.7. The van der Waals surface area contributed by atoms with Gasteiger partial charge in [0, 0.05) is 37.1 Å². The van der Waals surface area contributed by atoms with Gasteiger partial charge in [-0.15, -0.1) is 0 Å². The first kappa shape index (κ1) is 27.2. The Bertz CT molecular complexity index is 1480. The summed E-state index contributed by atoms with van der Waals surface area (Å²) in [4.78, 5) is 23.7. The first-order valence-corrected chi connectivity index (χ1v) is 13.5. The second-order valence-electron chi connectivity index (χ2n) is 11.2. The molecule has 1 atom stereocenters. The Balaban J connectivity index is 1.40. The van der Waals surface area contributed by atoms with E-state index in [1.807, 2.05) is 39.1 Å². The van der Waals surface area contributed by atoms with Crippen molar-refractivity contribution in [1.29, 1.82) is 0 Å². The number of fused-ring (bicyclic) bond motifs is 1. The van der Waals surface area contributed by atoms with E-state index in [0.29, 0.717) is 31.2 Å². The molecule has 2 N–H and O–H groups in total. The number of benzene rings is 1. The summed E-state index contributed by atoms with van der Waals surface area (Å²) in [5.41, 5.74) is 2.69. The zero-order valence-corrected chi connectivity index (χ0v) is 23.5. The Morgan fingerprint density at radius 1 is 1.23 bits per heavy atom. The Morgan fingerprint density at radius 3 is 2.77 bits per heavy atom. The Labute approximate surface area is 232 Å². The molecule has 1 saturated heterocycles. The van der Waals surface area contributed by atoms with Gasteiger partial charge in [0.15, 0.2) is 5.65 Å². The van der Waals surface area contributed by atoms with Crippen LogP contribution >= 0.6 is 0 Å². The van der Waals surface area contributed by atoms with E-state index in [0.717, 1.165) is 29.7 Å². The maximum absolute atomic E-state index is 12.7. The van der Waals surface area contributed by atoms with Gasteiger partial charge in [0.05, 0.1) is 18.4 Å². The minimum Gasteiger partial charge on any atom is -0.508 e. The number of likely N-dealkylation sites (tertiary alicyclic amines) is 1. The van der Waals surface area contributed by atoms with Crippen LogP contribution in [-0.2, 0) is 11.3 Å². The summed E-state index contributed by atoms with van der Waals surface area (Å²) in [5.74, 6) is 0.802. The molecular formula is C28H36N8O4. The number of carbonyl (C=O) groups is 1. The number of hydrogen-bond donors (Lipinski definition) is 2. The molecule has 4 heterocycles. The highest BCUT2D eigenvalue weighted by Crippen LogP contribution is 2.26. The molecule has 4 aromatic rings. The number of piperidine rings is 1. The number of ether oxygens (including phenoxy) is 2. The van der Waals surface area contributed by atoms with Crippen molar-refractivity contribution in [3.63, 3.8) is 0 Å². The minimum atomic E-state index is -0.566. The molecule has 1 aliphatic heterocycles. The number of anilines is 1. The van der Waals surface area contributed by atoms with Crippen LogP contribution in [0.25, 0.3) is 11.3 Å². The predicted molar refractivity (Wildman–Crippen MR) is 149 cm³/mol. The van der Waals surface area contributed by atoms with Crippen molar-refractivity contribution in [2.24, 2.45) is 0 Å². The molecule has 3 aromatic heterocycles. The van der Waals surface area contributed by atoms with Crippen LogP contribution in [0.5, 0.6) is 11.8 Å². The van der Waals surface area contributed by atoms with Crippen molar-refractivity contribution < 1.29 is 19.4 Å². The fourth-order valence-electron chi connectivity index (χ4n) is 4.63. The van der Waals surface area contributed by atoms with Crippen LogP contribution in [0.3, 0.4) is 0 Å². The normalized spacial score (nSPS) is 15.9. The van der Waals surface area contributed by atoms with Crippen molar-refractivity contribution in [2.75, 3.05) is 18.4 Å². The largest absolute Gasteiger partial charge is 0.508 e. The Morgan fingerprint density at radius 2 is 2.05 bits per heavy atom. The molecular weight excluding hydrogens is 512 g/mol. The van der Waals surface area contributed by atoms with E-state index < -0.39 is 5.60 Å². The fourth-order valence-corrected chi connectivity index (χ4v) is 4.63. The Hall–Kier alpha value is -4.35. The molecule has 212 valence electrons. The third-order valence-corrected chi connectivity index (χ3v) is 6.56. The van der Waals surface area contributed by atoms with Crippen LogP contribution in [0.2, 0.25) is 0 Å². The van der Waals surface area contributed by atoms with Gasteiger partial charge in [-0.05, 0) is 57.2 Å². The second kappa shape index (κ2) is 11.0. The summed E-state index contributed by atoms with van der Waals surface area (Å²) >= 11 is 0. The molecule has 0 radical (unpaired) electrons. The molecule has 5 rings (SSSR count). The van der Waals surface area contributed by atoms with Gasteiger partial charge in [-0.25, -0.2) is 9.48 Å². The average Bonchev–Trinajstić information content (AvgIpc) is 3.57. The summed E-state index contributed by atoms with van der Waals surface area (Å²) < 4.78 is 15.2. The number of phenols is 1. The number of phenolic OH excluding ortho intramolecular Hbond substituents is 1. The quantitative estimate of drug-likeness (QED) is 0.342. The van der Waals surface area contributed by atoms with Crippen LogP contribution < -0.4 is 10.1 Å². The fraction of sp³-hybridized carbons (Fsp3) is 0.464. The van der Waals surface area contributed by atoms with Gasteiger partial charge in [-0.2, -0.15) is 24.7 Å². The molecule has 1 fully saturated rings. The zero-order chi connectivity index (χ0) is 28.4. The highest BCUT2D eigenvalue weighted by Gasteiger charge is 2.29. The van der Waals surface area contributed by atoms with Gasteiger partial charge >= 0.3 is 12.1 Å². The SMILES string of the molecule is CC(C)c1cnn2c(NCc3ccc(O)cc3-n3cccn3)nc(OC3CCCN(C(=O)OC(C)(C)C)C3)nc12. The van der Waals surface area contributed by atoms with E-state index in [4.69, 9.17) is 14.5 Å². The van der Waals surface area contributed by atoms with E-state index >= 15 is 0 Å². The lowest BCUT2D eigenvalue weighted by atomic mass is 10.1. The van der Waals surface area contributed by atoms with Gasteiger partial charge < -0.3 is 24.8 Å². The van der Waals surface area contributed by atoms with E-state index in [-0.39, 0.29) is 29.9 Å². The van der Waals surface area contributed by atoms with Gasteiger partial charge in [-0.1, -0.05) is 19.9 Å². The Kier molecular flexibility index (Phi) is 7.51. The summed E-state index contributed by atoms with van der Waals surface area (Å²) in [7, 11) is 0. The number of nitrogens with one attached hydrogen (secondary N) is 1. The maximum Gasteiger partial charge on any atom is 0.410 e. The van der Waals surface area contributed by atoms with Crippen LogP contribution in [0.4, 0.5) is 10.7 Å². The van der Waals surface area contributed by atoms with E-state index in [2.05, 4.69) is 34.3 Å². The number of hydrogen-bond acceptors (Lipinski definition) is 9. The van der Waals surface area contributed by atoms with Crippen LogP contribution in [0.1, 0.15) is 64.5 Å². The van der Waals surface area contributed by atoms with Gasteiger partial charge in [0.25, 0.3) is 0 Å². The number of carbonyl (C=O) groups excluding carboxylic acids is 1. The molecule has 0 saturated carbocycles. The number of nitrogens with zero attached hydrogens (tertiary/aromatic N) is 7. The average molecular weight is 549 g/mol. The predicted octanol–water partition coefficient (Wildman–Crippen LogP) is 4.53. The molecule has 1 aromatic carbocycles. The molecule has 12 heteroatoms. The molecule has 0 bridgehead atoms. The zero-order valence-electron chi connectivity index (χ0n) is 23.5. The van der Waals surface area contributed by atoms with Crippen LogP contribution in [0, 0.1) is 0 Å². The summed E-state index contributed by atoms with van der Waals surface area (Å²) in [5, 5.41) is 22.3. The van der Waals surface area contributed by atoms with Crippen LogP contribution in [-0.4, -0.2) is 70.3 Å². The van der Waals surface area contributed by atoms with Gasteiger partial charge in [0.1, 0.15) is 17.5 Å². The van der Waals surface area contributed by atoms with Crippen molar-refractivity contribution in [2.45, 2.75) is 71.6 Å². The highest BCUT2D eigenvalue weighted by atomic mass is 16.6. The summed E-state index contributed by atoms with van der Waals surface area (Å²) in [6.45, 7) is 11.1. The molecule has 1 amide bonds. The molecule has 0 aliphatic carbocycles. The third-order valence-electron chi connectivity index (χ3n) is 6.56. The van der Waals surface area contributed by atoms with E-state index in [9.17, 15) is 9.90 Å². The highest BCUT2D eigenvalue weighted by molar-refractivity contribution is 5.68. The lowest BCUT2D eigenvalue weighted by Crippen LogP contribution is -2.46. The molecule has 1 unspecified atom stereocenters. The molecule has 0 spiro atoms. The number of rotatable bonds is 7. The molecule has 12 nitrogen and oxygen atoms in total. The van der Waals surface area contributed by atoms with Crippen molar-refractivity contribution in [3.05, 3.63) is 54.0 Å². The van der Waals surface area contributed by atoms with Gasteiger partial charge in [0.2, 0.25) is 5.95 Å². The lowest BCUT2D eigenvalue weighted by molar-refractivity contribution is 0.00662. The van der Waals surface area contributed by atoms with Gasteiger partial charge in [-0.3, -0.25) is 0 Å². The number of aromatic hydroxyl groups is 1. The first-order valence-electron chi connectivity index (χ1n) is 13.5. The third kappa shape index (κ3) is 6.11. The van der Waals surface area contributed by atoms with E-state index in [1.165, 1.54) is 0 Å². The topological polar surface area (TPSA) is 132 Å². The minimum absolute atomic E-state index is 0.149. The van der Waals surface area contributed by atoms with Crippen molar-refractivity contribution >= 4 is 17.7 Å². The summed E-state index contributed by atoms with van der Waals surface area (Å²) in [6, 6.07) is 7.18. The standard InChI is InChI=1S/C28H36N8O4/c1-18(2)22-16-31-36-24(22)32-26(39-21-8-6-12-34(17-21)27(38)40-28(3,4)5)33-25(36)29-15-19-9-10-20(37)14-23(19)35-13-7-11-30-35/h7,9-11,13-14,16,18,21,37H,6,8,12,15,17H2,1-5H3,(H,29,32,33). The number of amides is 1. The molecule has 1 aliphatic rings. The van der Waals surface area contributed by atoms with Crippen LogP contribution in [0.15, 0.2) is 42.9 Å². The molecule has 40 heavy (non-hydrogen) atoms. The van der Waals surface area contributed by atoms with E-state index in [1.54, 1.807) is 38.6 Å². The number of aromatic nitrogens is 6. The van der Waals surface area contributed by atoms with Crippen molar-refractivity contribution in [3.8, 4) is 17.4 Å². The first-order chi connectivity index (χ1) is 19.1. The smallest absolute Gasteiger partial charge is 0.410 e. The second-order valence-corrected chi connectivity index (χ2v) is 11.2. The summed E-state index contributed by atoms with van der Waals surface area (Å²) in [6.07, 6.45) is 6.24.